The van der Waals surface area contributed by atoms with Gasteiger partial charge < -0.3 is 15.1 Å². The predicted molar refractivity (Wildman–Crippen MR) is 71.6 cm³/mol. The Hall–Kier alpha value is -1.07. The van der Waals surface area contributed by atoms with Gasteiger partial charge in [-0.25, -0.2) is 0 Å². The number of likely N-dealkylation sites (N-methyl/N-ethyl adjacent to an activating group) is 1. The number of anilines is 2. The number of amides is 1. The molecule has 5 heteroatoms. The summed E-state index contributed by atoms with van der Waals surface area (Å²) in [5, 5.41) is 3.28. The van der Waals surface area contributed by atoms with Crippen molar-refractivity contribution in [2.75, 3.05) is 36.5 Å². The Morgan fingerprint density at radius 3 is 3.06 bits per heavy atom. The van der Waals surface area contributed by atoms with E-state index in [0.717, 1.165) is 35.5 Å². The molecule has 1 unspecified atom stereocenters. The third kappa shape index (κ3) is 1.65. The SMILES string of the molecule is CN1C(=O)C2CNCCN2c2ccc(Br)cc21. The zero-order valence-corrected chi connectivity index (χ0v) is 11.2. The van der Waals surface area contributed by atoms with E-state index >= 15 is 0 Å². The van der Waals surface area contributed by atoms with Crippen LogP contribution in [0.3, 0.4) is 0 Å². The van der Waals surface area contributed by atoms with Gasteiger partial charge in [-0.05, 0) is 18.2 Å². The molecule has 0 spiro atoms. The highest BCUT2D eigenvalue weighted by Crippen LogP contribution is 2.37. The number of carbonyl (C=O) groups excluding carboxylic acids is 1. The van der Waals surface area contributed by atoms with Gasteiger partial charge in [-0.3, -0.25) is 4.79 Å². The van der Waals surface area contributed by atoms with Crippen LogP contribution in [0.2, 0.25) is 0 Å². The van der Waals surface area contributed by atoms with Crippen LogP contribution in [0, 0.1) is 0 Å². The summed E-state index contributed by atoms with van der Waals surface area (Å²) in [5.41, 5.74) is 2.14. The number of rotatable bonds is 0. The molecule has 90 valence electrons. The van der Waals surface area contributed by atoms with Gasteiger partial charge in [0.05, 0.1) is 11.4 Å². The largest absolute Gasteiger partial charge is 0.355 e. The summed E-state index contributed by atoms with van der Waals surface area (Å²) in [6.45, 7) is 2.56. The topological polar surface area (TPSA) is 35.6 Å². The van der Waals surface area contributed by atoms with E-state index in [1.54, 1.807) is 4.90 Å². The number of nitrogens with one attached hydrogen (secondary N) is 1. The monoisotopic (exact) mass is 295 g/mol. The van der Waals surface area contributed by atoms with Gasteiger partial charge in [0.15, 0.2) is 0 Å². The van der Waals surface area contributed by atoms with Crippen molar-refractivity contribution in [2.45, 2.75) is 6.04 Å². The van der Waals surface area contributed by atoms with E-state index < -0.39 is 0 Å². The molecule has 0 saturated carbocycles. The molecule has 17 heavy (non-hydrogen) atoms. The molecular formula is C12H14BrN3O. The molecule has 1 atom stereocenters. The maximum absolute atomic E-state index is 12.3. The minimum Gasteiger partial charge on any atom is -0.355 e. The fourth-order valence-corrected chi connectivity index (χ4v) is 2.91. The Bertz CT molecular complexity index is 477. The van der Waals surface area contributed by atoms with Gasteiger partial charge in [-0.2, -0.15) is 0 Å². The summed E-state index contributed by atoms with van der Waals surface area (Å²) in [4.78, 5) is 16.2. The number of halogens is 1. The summed E-state index contributed by atoms with van der Waals surface area (Å²) >= 11 is 3.46. The van der Waals surface area contributed by atoms with E-state index in [-0.39, 0.29) is 11.9 Å². The Balaban J connectivity index is 2.12. The van der Waals surface area contributed by atoms with Gasteiger partial charge in [0.1, 0.15) is 6.04 Å². The van der Waals surface area contributed by atoms with Crippen molar-refractivity contribution >= 4 is 33.2 Å². The van der Waals surface area contributed by atoms with E-state index in [9.17, 15) is 4.79 Å². The van der Waals surface area contributed by atoms with Crippen molar-refractivity contribution in [3.05, 3.63) is 22.7 Å². The highest BCUT2D eigenvalue weighted by molar-refractivity contribution is 9.10. The van der Waals surface area contributed by atoms with Crippen LogP contribution in [0.5, 0.6) is 0 Å². The molecule has 0 radical (unpaired) electrons. The second-order valence-corrected chi connectivity index (χ2v) is 5.36. The number of nitrogens with zero attached hydrogens (tertiary/aromatic N) is 2. The standard InChI is InChI=1S/C12H14BrN3O/c1-15-10-6-8(13)2-3-9(10)16-5-4-14-7-11(16)12(15)17/h2-3,6,11,14H,4-5,7H2,1H3. The fraction of sp³-hybridized carbons (Fsp3) is 0.417. The zero-order chi connectivity index (χ0) is 12.0. The number of benzene rings is 1. The first-order valence-corrected chi connectivity index (χ1v) is 6.52. The van der Waals surface area contributed by atoms with E-state index in [1.165, 1.54) is 0 Å². The van der Waals surface area contributed by atoms with Gasteiger partial charge in [0, 0.05) is 31.2 Å². The molecule has 1 saturated heterocycles. The highest BCUT2D eigenvalue weighted by Gasteiger charge is 2.37. The summed E-state index contributed by atoms with van der Waals surface area (Å²) in [5.74, 6) is 0.169. The molecule has 2 heterocycles. The molecule has 0 bridgehead atoms. The second-order valence-electron chi connectivity index (χ2n) is 4.44. The molecule has 1 fully saturated rings. The van der Waals surface area contributed by atoms with Gasteiger partial charge in [0.25, 0.3) is 5.91 Å². The van der Waals surface area contributed by atoms with Crippen molar-refractivity contribution in [3.63, 3.8) is 0 Å². The first-order valence-electron chi connectivity index (χ1n) is 5.73. The first kappa shape index (κ1) is 11.0. The predicted octanol–water partition coefficient (Wildman–Crippen LogP) is 1.20. The van der Waals surface area contributed by atoms with Gasteiger partial charge >= 0.3 is 0 Å². The Morgan fingerprint density at radius 2 is 2.24 bits per heavy atom. The van der Waals surface area contributed by atoms with Gasteiger partial charge in [-0.1, -0.05) is 15.9 Å². The minimum atomic E-state index is -0.0533. The smallest absolute Gasteiger partial charge is 0.250 e. The van der Waals surface area contributed by atoms with E-state index in [1.807, 2.05) is 19.2 Å². The lowest BCUT2D eigenvalue weighted by atomic mass is 10.0. The average molecular weight is 296 g/mol. The maximum Gasteiger partial charge on any atom is 0.250 e. The van der Waals surface area contributed by atoms with E-state index in [4.69, 9.17) is 0 Å². The third-order valence-electron chi connectivity index (χ3n) is 3.47. The molecule has 1 aromatic carbocycles. The molecule has 2 aliphatic rings. The number of carbonyl (C=O) groups is 1. The van der Waals surface area contributed by atoms with Crippen LogP contribution in [-0.4, -0.2) is 38.6 Å². The lowest BCUT2D eigenvalue weighted by Crippen LogP contribution is -2.61. The lowest BCUT2D eigenvalue weighted by Gasteiger charge is -2.44. The van der Waals surface area contributed by atoms with Crippen LogP contribution < -0.4 is 15.1 Å². The number of hydrogen-bond acceptors (Lipinski definition) is 3. The summed E-state index contributed by atoms with van der Waals surface area (Å²) in [7, 11) is 1.85. The van der Waals surface area contributed by atoms with Crippen LogP contribution in [0.25, 0.3) is 0 Å². The number of piperazine rings is 1. The Kier molecular flexibility index (Phi) is 2.60. The summed E-state index contributed by atoms with van der Waals surface area (Å²) in [6.07, 6.45) is 0. The zero-order valence-electron chi connectivity index (χ0n) is 9.61. The number of fused-ring (bicyclic) bond motifs is 3. The lowest BCUT2D eigenvalue weighted by molar-refractivity contribution is -0.120. The van der Waals surface area contributed by atoms with Crippen molar-refractivity contribution in [2.24, 2.45) is 0 Å². The molecule has 1 N–H and O–H groups in total. The molecule has 1 aromatic rings. The van der Waals surface area contributed by atoms with Crippen molar-refractivity contribution in [1.29, 1.82) is 0 Å². The molecule has 1 amide bonds. The van der Waals surface area contributed by atoms with Crippen molar-refractivity contribution in [3.8, 4) is 0 Å². The molecule has 4 nitrogen and oxygen atoms in total. The van der Waals surface area contributed by atoms with Crippen LogP contribution >= 0.6 is 15.9 Å². The Morgan fingerprint density at radius 1 is 1.41 bits per heavy atom. The minimum absolute atomic E-state index is 0.0533. The van der Waals surface area contributed by atoms with Crippen LogP contribution in [0.1, 0.15) is 0 Å². The Labute approximate surface area is 109 Å². The first-order chi connectivity index (χ1) is 8.18. The van der Waals surface area contributed by atoms with Crippen LogP contribution in [0.4, 0.5) is 11.4 Å². The van der Waals surface area contributed by atoms with E-state index in [0.29, 0.717) is 0 Å². The molecule has 0 aliphatic carbocycles. The van der Waals surface area contributed by atoms with Gasteiger partial charge in [-0.15, -0.1) is 0 Å². The quantitative estimate of drug-likeness (QED) is 0.781. The van der Waals surface area contributed by atoms with Crippen LogP contribution in [-0.2, 0) is 4.79 Å². The molecule has 0 aromatic heterocycles. The highest BCUT2D eigenvalue weighted by atomic mass is 79.9. The fourth-order valence-electron chi connectivity index (χ4n) is 2.56. The molecule has 2 aliphatic heterocycles. The van der Waals surface area contributed by atoms with Crippen molar-refractivity contribution < 1.29 is 4.79 Å². The normalized spacial score (nSPS) is 23.4. The summed E-state index contributed by atoms with van der Waals surface area (Å²) < 4.78 is 1.00. The van der Waals surface area contributed by atoms with Crippen molar-refractivity contribution in [1.82, 2.24) is 5.32 Å². The number of hydrogen-bond donors (Lipinski definition) is 1. The summed E-state index contributed by atoms with van der Waals surface area (Å²) in [6, 6.07) is 6.07. The second kappa shape index (κ2) is 3.99. The molecular weight excluding hydrogens is 282 g/mol. The molecule has 3 rings (SSSR count). The third-order valence-corrected chi connectivity index (χ3v) is 3.96. The van der Waals surface area contributed by atoms with Gasteiger partial charge in [0.2, 0.25) is 0 Å². The average Bonchev–Trinajstić information content (AvgIpc) is 2.36. The maximum atomic E-state index is 12.3. The van der Waals surface area contributed by atoms with Crippen LogP contribution in [0.15, 0.2) is 22.7 Å². The van der Waals surface area contributed by atoms with E-state index in [2.05, 4.69) is 32.2 Å².